The fraction of sp³-hybridized carbons (Fsp3) is 0.0400. The summed E-state index contributed by atoms with van der Waals surface area (Å²) in [6.45, 7) is 0.200. The number of barbiturate groups is 1. The Morgan fingerprint density at radius 3 is 2.38 bits per heavy atom. The number of halogens is 1. The number of nitrogens with zero attached hydrogens (tertiary/aromatic N) is 1. The van der Waals surface area contributed by atoms with E-state index in [2.05, 4.69) is 21.2 Å². The standard InChI is InChI=1S/C25H17BrN2O6/c26-18-8-10-19(11-9-18)28-23(30)21(22(29)27-25(28)33)13-16-2-1-3-20(12-16)34-14-15-4-6-17(7-5-15)24(31)32/h1-13H,14H2,(H,31,32)(H,27,29,33)/b21-13-. The van der Waals surface area contributed by atoms with Crippen LogP contribution in [0.2, 0.25) is 0 Å². The number of imide groups is 2. The molecule has 3 aromatic carbocycles. The van der Waals surface area contributed by atoms with Crippen molar-refractivity contribution in [3.63, 3.8) is 0 Å². The summed E-state index contributed by atoms with van der Waals surface area (Å²) in [5.74, 6) is -2.04. The molecule has 0 aliphatic carbocycles. The molecule has 1 heterocycles. The average Bonchev–Trinajstić information content (AvgIpc) is 2.82. The lowest BCUT2D eigenvalue weighted by atomic mass is 10.1. The van der Waals surface area contributed by atoms with Crippen LogP contribution in [0, 0.1) is 0 Å². The summed E-state index contributed by atoms with van der Waals surface area (Å²) in [5, 5.41) is 11.2. The number of aromatic carboxylic acids is 1. The van der Waals surface area contributed by atoms with Crippen LogP contribution >= 0.6 is 15.9 Å². The zero-order chi connectivity index (χ0) is 24.2. The van der Waals surface area contributed by atoms with Crippen molar-refractivity contribution in [1.29, 1.82) is 0 Å². The Kier molecular flexibility index (Phi) is 6.55. The highest BCUT2D eigenvalue weighted by molar-refractivity contribution is 9.10. The first-order valence-electron chi connectivity index (χ1n) is 10.0. The Morgan fingerprint density at radius 2 is 1.71 bits per heavy atom. The molecule has 34 heavy (non-hydrogen) atoms. The molecule has 1 saturated heterocycles. The molecule has 0 unspecified atom stereocenters. The highest BCUT2D eigenvalue weighted by Crippen LogP contribution is 2.24. The monoisotopic (exact) mass is 520 g/mol. The molecule has 0 bridgehead atoms. The number of nitrogens with one attached hydrogen (secondary N) is 1. The summed E-state index contributed by atoms with van der Waals surface area (Å²) < 4.78 is 6.54. The summed E-state index contributed by atoms with van der Waals surface area (Å²) in [6.07, 6.45) is 1.39. The number of carboxylic acid groups (broad SMARTS) is 1. The van der Waals surface area contributed by atoms with Crippen molar-refractivity contribution in [2.24, 2.45) is 0 Å². The second-order valence-corrected chi connectivity index (χ2v) is 8.21. The van der Waals surface area contributed by atoms with Crippen LogP contribution in [0.1, 0.15) is 21.5 Å². The largest absolute Gasteiger partial charge is 0.489 e. The molecule has 3 aromatic rings. The van der Waals surface area contributed by atoms with Gasteiger partial charge in [-0.25, -0.2) is 14.5 Å². The molecule has 170 valence electrons. The van der Waals surface area contributed by atoms with Gasteiger partial charge in [-0.05, 0) is 65.7 Å². The van der Waals surface area contributed by atoms with E-state index in [1.165, 1.54) is 18.2 Å². The van der Waals surface area contributed by atoms with Gasteiger partial charge in [-0.15, -0.1) is 0 Å². The molecule has 0 saturated carbocycles. The van der Waals surface area contributed by atoms with Crippen molar-refractivity contribution in [3.05, 3.63) is 99.5 Å². The van der Waals surface area contributed by atoms with E-state index in [1.807, 2.05) is 0 Å². The van der Waals surface area contributed by atoms with Crippen LogP contribution in [0.5, 0.6) is 5.75 Å². The van der Waals surface area contributed by atoms with Crippen LogP contribution < -0.4 is 15.0 Å². The second-order valence-electron chi connectivity index (χ2n) is 7.30. The van der Waals surface area contributed by atoms with Crippen LogP contribution in [0.4, 0.5) is 10.5 Å². The quantitative estimate of drug-likeness (QED) is 0.368. The van der Waals surface area contributed by atoms with Crippen LogP contribution in [0.3, 0.4) is 0 Å². The number of ether oxygens (including phenoxy) is 1. The predicted molar refractivity (Wildman–Crippen MR) is 127 cm³/mol. The fourth-order valence-corrected chi connectivity index (χ4v) is 3.52. The minimum absolute atomic E-state index is 0.184. The molecule has 0 spiro atoms. The summed E-state index contributed by atoms with van der Waals surface area (Å²) in [5.41, 5.74) is 1.63. The Morgan fingerprint density at radius 1 is 1.00 bits per heavy atom. The number of carboxylic acids is 1. The van der Waals surface area contributed by atoms with Gasteiger partial charge in [0.25, 0.3) is 11.8 Å². The molecule has 1 aliphatic heterocycles. The first kappa shape index (κ1) is 22.9. The fourth-order valence-electron chi connectivity index (χ4n) is 3.25. The van der Waals surface area contributed by atoms with Gasteiger partial charge in [0.1, 0.15) is 17.9 Å². The minimum atomic E-state index is -1.00. The molecule has 4 rings (SSSR count). The maximum absolute atomic E-state index is 13.0. The van der Waals surface area contributed by atoms with Gasteiger partial charge in [-0.1, -0.05) is 40.2 Å². The van der Waals surface area contributed by atoms with E-state index < -0.39 is 23.8 Å². The summed E-state index contributed by atoms with van der Waals surface area (Å²) in [4.78, 5) is 49.6. The van der Waals surface area contributed by atoms with Gasteiger partial charge < -0.3 is 9.84 Å². The number of hydrogen-bond acceptors (Lipinski definition) is 5. The van der Waals surface area contributed by atoms with Gasteiger partial charge in [0.2, 0.25) is 0 Å². The highest BCUT2D eigenvalue weighted by atomic mass is 79.9. The normalized spacial score (nSPS) is 14.8. The number of urea groups is 1. The maximum Gasteiger partial charge on any atom is 0.335 e. The molecule has 0 radical (unpaired) electrons. The van der Waals surface area contributed by atoms with Gasteiger partial charge in [-0.3, -0.25) is 14.9 Å². The Balaban J connectivity index is 1.53. The van der Waals surface area contributed by atoms with E-state index in [0.29, 0.717) is 17.0 Å². The topological polar surface area (TPSA) is 113 Å². The minimum Gasteiger partial charge on any atom is -0.489 e. The first-order chi connectivity index (χ1) is 16.3. The van der Waals surface area contributed by atoms with Crippen LogP contribution in [0.15, 0.2) is 82.8 Å². The predicted octanol–water partition coefficient (Wildman–Crippen LogP) is 4.39. The molecular weight excluding hydrogens is 504 g/mol. The molecule has 1 aliphatic rings. The molecule has 2 N–H and O–H groups in total. The highest BCUT2D eigenvalue weighted by Gasteiger charge is 2.36. The molecular formula is C25H17BrN2O6. The van der Waals surface area contributed by atoms with Crippen molar-refractivity contribution in [3.8, 4) is 5.75 Å². The zero-order valence-electron chi connectivity index (χ0n) is 17.5. The molecule has 0 aromatic heterocycles. The zero-order valence-corrected chi connectivity index (χ0v) is 19.1. The summed E-state index contributed by atoms with van der Waals surface area (Å²) in [7, 11) is 0. The van der Waals surface area contributed by atoms with Crippen molar-refractivity contribution in [2.75, 3.05) is 4.90 Å². The lowest BCUT2D eigenvalue weighted by Gasteiger charge is -2.26. The van der Waals surface area contributed by atoms with E-state index in [1.54, 1.807) is 60.7 Å². The van der Waals surface area contributed by atoms with E-state index in [-0.39, 0.29) is 17.7 Å². The van der Waals surface area contributed by atoms with E-state index in [0.717, 1.165) is 14.9 Å². The lowest BCUT2D eigenvalue weighted by molar-refractivity contribution is -0.122. The van der Waals surface area contributed by atoms with Crippen molar-refractivity contribution in [2.45, 2.75) is 6.61 Å². The number of anilines is 1. The summed E-state index contributed by atoms with van der Waals surface area (Å²) >= 11 is 3.30. The van der Waals surface area contributed by atoms with Crippen LogP contribution in [-0.2, 0) is 16.2 Å². The van der Waals surface area contributed by atoms with Gasteiger partial charge in [0.15, 0.2) is 0 Å². The SMILES string of the molecule is O=C1NC(=O)N(c2ccc(Br)cc2)C(=O)/C1=C\c1cccc(OCc2ccc(C(=O)O)cc2)c1. The Bertz CT molecular complexity index is 1320. The van der Waals surface area contributed by atoms with E-state index in [4.69, 9.17) is 9.84 Å². The number of carbonyl (C=O) groups is 4. The molecule has 8 nitrogen and oxygen atoms in total. The number of amides is 4. The Labute approximate surface area is 202 Å². The third-order valence-corrected chi connectivity index (χ3v) is 5.49. The lowest BCUT2D eigenvalue weighted by Crippen LogP contribution is -2.54. The van der Waals surface area contributed by atoms with E-state index in [9.17, 15) is 19.2 Å². The smallest absolute Gasteiger partial charge is 0.335 e. The first-order valence-corrected chi connectivity index (χ1v) is 10.8. The number of carbonyl (C=O) groups excluding carboxylic acids is 3. The third kappa shape index (κ3) is 5.05. The van der Waals surface area contributed by atoms with Crippen molar-refractivity contribution in [1.82, 2.24) is 5.32 Å². The number of hydrogen-bond donors (Lipinski definition) is 2. The number of rotatable bonds is 6. The Hall–Kier alpha value is -4.24. The third-order valence-electron chi connectivity index (χ3n) is 4.96. The second kappa shape index (κ2) is 9.72. The van der Waals surface area contributed by atoms with Crippen molar-refractivity contribution >= 4 is 51.5 Å². The van der Waals surface area contributed by atoms with Gasteiger partial charge >= 0.3 is 12.0 Å². The van der Waals surface area contributed by atoms with Gasteiger partial charge in [0, 0.05) is 4.47 Å². The van der Waals surface area contributed by atoms with Gasteiger partial charge in [-0.2, -0.15) is 0 Å². The number of benzene rings is 3. The van der Waals surface area contributed by atoms with E-state index >= 15 is 0 Å². The van der Waals surface area contributed by atoms with Crippen molar-refractivity contribution < 1.29 is 29.0 Å². The molecule has 4 amide bonds. The van der Waals surface area contributed by atoms with Gasteiger partial charge in [0.05, 0.1) is 11.3 Å². The average molecular weight is 521 g/mol. The molecule has 1 fully saturated rings. The van der Waals surface area contributed by atoms with Crippen LogP contribution in [-0.4, -0.2) is 28.9 Å². The van der Waals surface area contributed by atoms with Crippen LogP contribution in [0.25, 0.3) is 6.08 Å². The summed E-state index contributed by atoms with van der Waals surface area (Å²) in [6, 6.07) is 18.8. The molecule has 0 atom stereocenters. The maximum atomic E-state index is 13.0. The molecule has 9 heteroatoms.